The van der Waals surface area contributed by atoms with Crippen LogP contribution in [0.2, 0.25) is 24.3 Å². The first-order valence-electron chi connectivity index (χ1n) is 19.4. The highest BCUT2D eigenvalue weighted by Crippen LogP contribution is 2.39. The number of carbonyl (C=O) groups is 4. The minimum Gasteiger partial charge on any atom is -0.453 e. The lowest BCUT2D eigenvalue weighted by molar-refractivity contribution is -0.136. The molecule has 4 atom stereocenters. The summed E-state index contributed by atoms with van der Waals surface area (Å²) in [6, 6.07) is 15.1. The number of H-pyrrole nitrogens is 2. The number of nitrogens with zero attached hydrogens (tertiary/aromatic N) is 4. The largest absolute Gasteiger partial charge is 0.453 e. The summed E-state index contributed by atoms with van der Waals surface area (Å²) in [6.45, 7) is 12.7. The zero-order valence-electron chi connectivity index (χ0n) is 33.8. The molecule has 0 spiro atoms. The van der Waals surface area contributed by atoms with Crippen molar-refractivity contribution in [1.82, 2.24) is 40.4 Å². The molecule has 0 unspecified atom stereocenters. The molecule has 0 bridgehead atoms. The third kappa shape index (κ3) is 9.04. The van der Waals surface area contributed by atoms with E-state index in [1.165, 1.54) is 14.2 Å². The first-order chi connectivity index (χ1) is 27.1. The first kappa shape index (κ1) is 41.5. The summed E-state index contributed by atoms with van der Waals surface area (Å²) >= 11 is 6.71. The van der Waals surface area contributed by atoms with Crippen LogP contribution < -0.4 is 10.6 Å². The van der Waals surface area contributed by atoms with Crippen molar-refractivity contribution in [2.45, 2.75) is 83.8 Å². The molecule has 57 heavy (non-hydrogen) atoms. The fraction of sp³-hybridized carbons (Fsp3) is 0.463. The molecule has 2 fully saturated rings. The fourth-order valence-corrected chi connectivity index (χ4v) is 11.0. The van der Waals surface area contributed by atoms with Crippen molar-refractivity contribution in [3.05, 3.63) is 71.5 Å². The number of imidazole rings is 2. The molecule has 4 aromatic rings. The molecule has 4 amide bonds. The van der Waals surface area contributed by atoms with Crippen LogP contribution in [0.25, 0.3) is 33.6 Å². The van der Waals surface area contributed by atoms with Gasteiger partial charge in [-0.05, 0) is 47.4 Å². The number of halogens is 1. The summed E-state index contributed by atoms with van der Waals surface area (Å²) in [5.41, 5.74) is 5.29. The minimum absolute atomic E-state index is 0.116. The predicted molar refractivity (Wildman–Crippen MR) is 221 cm³/mol. The molecule has 4 N–H and O–H groups in total. The number of aromatic nitrogens is 4. The third-order valence-electron chi connectivity index (χ3n) is 10.9. The number of alkyl carbamates (subject to hydrolysis) is 2. The molecule has 304 valence electrons. The van der Waals surface area contributed by atoms with Crippen LogP contribution in [0.1, 0.15) is 64.3 Å². The van der Waals surface area contributed by atoms with Crippen molar-refractivity contribution in [1.29, 1.82) is 0 Å². The van der Waals surface area contributed by atoms with Gasteiger partial charge in [0, 0.05) is 18.3 Å². The van der Waals surface area contributed by atoms with Gasteiger partial charge in [0.1, 0.15) is 34.6 Å². The van der Waals surface area contributed by atoms with Crippen LogP contribution in [0.3, 0.4) is 0 Å². The molecule has 0 saturated carbocycles. The molecule has 2 aromatic heterocycles. The second kappa shape index (κ2) is 17.1. The van der Waals surface area contributed by atoms with E-state index >= 15 is 0 Å². The highest BCUT2D eigenvalue weighted by molar-refractivity contribution is 6.78. The molecule has 2 aliphatic rings. The quantitative estimate of drug-likeness (QED) is 0.114. The van der Waals surface area contributed by atoms with Crippen molar-refractivity contribution in [2.24, 2.45) is 11.8 Å². The van der Waals surface area contributed by atoms with Crippen molar-refractivity contribution >= 4 is 43.7 Å². The summed E-state index contributed by atoms with van der Waals surface area (Å²) in [5, 5.41) is 5.80. The van der Waals surface area contributed by atoms with E-state index in [9.17, 15) is 19.2 Å². The molecule has 2 saturated heterocycles. The van der Waals surface area contributed by atoms with Crippen molar-refractivity contribution in [3.8, 4) is 33.6 Å². The Kier molecular flexibility index (Phi) is 12.5. The number of nitrogens with one attached hydrogen (secondary N) is 4. The summed E-state index contributed by atoms with van der Waals surface area (Å²) in [5.74, 6) is 0.788. The molecule has 2 aliphatic heterocycles. The SMILES string of the molecule is COC(=O)N[C@H](C(=O)N1C[Si](C)(C)C[C@@H]1c1ncc(-c2ccc(-c3ccc(-c4nc([C@@H]5CCCN5C(=O)[C@@H](NC(=O)OC)C(C)C)[nH]c4Cl)cc3)cc2)[nH]1)C(C)C. The summed E-state index contributed by atoms with van der Waals surface area (Å²) in [4.78, 5) is 71.4. The number of carbonyl (C=O) groups excluding carboxylic acids is 4. The number of aromatic amines is 2. The summed E-state index contributed by atoms with van der Waals surface area (Å²) < 4.78 is 9.55. The van der Waals surface area contributed by atoms with Crippen LogP contribution in [0.4, 0.5) is 9.59 Å². The van der Waals surface area contributed by atoms with Gasteiger partial charge >= 0.3 is 12.2 Å². The lowest BCUT2D eigenvalue weighted by atomic mass is 10.0. The van der Waals surface area contributed by atoms with Crippen LogP contribution in [0, 0.1) is 11.8 Å². The maximum atomic E-state index is 13.8. The van der Waals surface area contributed by atoms with Gasteiger partial charge < -0.3 is 39.9 Å². The van der Waals surface area contributed by atoms with Crippen LogP contribution in [0.5, 0.6) is 0 Å². The van der Waals surface area contributed by atoms with Crippen LogP contribution in [-0.4, -0.2) is 101 Å². The highest BCUT2D eigenvalue weighted by Gasteiger charge is 2.46. The van der Waals surface area contributed by atoms with E-state index in [-0.39, 0.29) is 35.7 Å². The second-order valence-electron chi connectivity index (χ2n) is 16.4. The maximum absolute atomic E-state index is 13.8. The molecule has 4 heterocycles. The van der Waals surface area contributed by atoms with Crippen molar-refractivity contribution in [3.63, 3.8) is 0 Å². The Morgan fingerprint density at radius 3 is 1.84 bits per heavy atom. The third-order valence-corrected chi connectivity index (χ3v) is 13.9. The Morgan fingerprint density at radius 2 is 1.30 bits per heavy atom. The topological polar surface area (TPSA) is 175 Å². The number of methoxy groups -OCH3 is 2. The number of hydrogen-bond acceptors (Lipinski definition) is 8. The van der Waals surface area contributed by atoms with Gasteiger partial charge in [-0.2, -0.15) is 0 Å². The van der Waals surface area contributed by atoms with Gasteiger partial charge in [-0.25, -0.2) is 19.6 Å². The van der Waals surface area contributed by atoms with Crippen LogP contribution in [0.15, 0.2) is 54.7 Å². The van der Waals surface area contributed by atoms with E-state index < -0.39 is 32.3 Å². The zero-order valence-corrected chi connectivity index (χ0v) is 35.6. The molecular formula is C41H53ClN8O6Si. The Morgan fingerprint density at radius 1 is 0.772 bits per heavy atom. The van der Waals surface area contributed by atoms with E-state index in [2.05, 4.69) is 45.8 Å². The number of amides is 4. The summed E-state index contributed by atoms with van der Waals surface area (Å²) in [6.07, 6.45) is 2.75. The first-order valence-corrected chi connectivity index (χ1v) is 23.2. The molecule has 0 aliphatic carbocycles. The van der Waals surface area contributed by atoms with Gasteiger partial charge in [0.15, 0.2) is 0 Å². The smallest absolute Gasteiger partial charge is 0.407 e. The predicted octanol–water partition coefficient (Wildman–Crippen LogP) is 7.34. The molecular weight excluding hydrogens is 764 g/mol. The average molecular weight is 817 g/mol. The van der Waals surface area contributed by atoms with Gasteiger partial charge in [0.25, 0.3) is 0 Å². The number of hydrogen-bond donors (Lipinski definition) is 4. The van der Waals surface area contributed by atoms with Gasteiger partial charge in [-0.15, -0.1) is 0 Å². The van der Waals surface area contributed by atoms with Gasteiger partial charge in [0.2, 0.25) is 11.8 Å². The lowest BCUT2D eigenvalue weighted by Gasteiger charge is -2.30. The number of ether oxygens (including phenoxy) is 2. The molecule has 6 rings (SSSR count). The standard InChI is InChI=1S/C41H53ClN8O6Si/c1-23(2)32(46-40(53)55-5)38(51)49-19-9-10-30(49)37-45-34(35(42)48-37)28-17-13-26(14-18-28)25-11-15-27(16-12-25)29-20-43-36(44-29)31-21-57(7,8)22-50(31)39(52)33(24(3)4)47-41(54)56-6/h11-18,20,23-24,30-33H,9-10,19,21-22H2,1-8H3,(H,43,44)(H,45,48)(H,46,53)(H,47,54)/t30-,31+,32-,33-/m0/s1. The van der Waals surface area contributed by atoms with Gasteiger partial charge in [-0.3, -0.25) is 9.59 Å². The van der Waals surface area contributed by atoms with Crippen LogP contribution >= 0.6 is 11.6 Å². The molecule has 16 heteroatoms. The Bertz CT molecular complexity index is 2080. The van der Waals surface area contributed by atoms with E-state index in [4.69, 9.17) is 31.0 Å². The normalized spacial score (nSPS) is 18.8. The molecule has 14 nitrogen and oxygen atoms in total. The number of benzene rings is 2. The average Bonchev–Trinajstić information content (AvgIpc) is 4.01. The van der Waals surface area contributed by atoms with E-state index in [1.807, 2.05) is 75.2 Å². The minimum atomic E-state index is -1.75. The van der Waals surface area contributed by atoms with E-state index in [0.717, 1.165) is 52.7 Å². The lowest BCUT2D eigenvalue weighted by Crippen LogP contribution is -2.52. The van der Waals surface area contributed by atoms with Crippen molar-refractivity contribution < 1.29 is 28.7 Å². The Labute approximate surface area is 339 Å². The number of likely N-dealkylation sites (tertiary alicyclic amines) is 1. The monoisotopic (exact) mass is 816 g/mol. The fourth-order valence-electron chi connectivity index (χ4n) is 7.85. The number of rotatable bonds is 11. The second-order valence-corrected chi connectivity index (χ2v) is 21.8. The van der Waals surface area contributed by atoms with E-state index in [1.54, 1.807) is 4.90 Å². The Hall–Kier alpha value is -5.15. The van der Waals surface area contributed by atoms with Gasteiger partial charge in [-0.1, -0.05) is 101 Å². The molecule has 0 radical (unpaired) electrons. The van der Waals surface area contributed by atoms with E-state index in [0.29, 0.717) is 29.4 Å². The van der Waals surface area contributed by atoms with Crippen molar-refractivity contribution in [2.75, 3.05) is 26.9 Å². The highest BCUT2D eigenvalue weighted by atomic mass is 35.5. The zero-order chi connectivity index (χ0) is 41.2. The van der Waals surface area contributed by atoms with Crippen LogP contribution in [-0.2, 0) is 19.1 Å². The molecule has 2 aromatic carbocycles. The van der Waals surface area contributed by atoms with Gasteiger partial charge in [0.05, 0.1) is 46.3 Å². The summed E-state index contributed by atoms with van der Waals surface area (Å²) in [7, 11) is 0.821. The maximum Gasteiger partial charge on any atom is 0.407 e. The Balaban J connectivity index is 1.15.